The highest BCUT2D eigenvalue weighted by Crippen LogP contribution is 2.16. The molecule has 94 valence electrons. The smallest absolute Gasteiger partial charge is 0.274 e. The summed E-state index contributed by atoms with van der Waals surface area (Å²) < 4.78 is 0. The molecule has 1 atom stereocenters. The first-order valence-electron chi connectivity index (χ1n) is 5.60. The van der Waals surface area contributed by atoms with E-state index >= 15 is 0 Å². The molecule has 17 heavy (non-hydrogen) atoms. The van der Waals surface area contributed by atoms with Crippen LogP contribution in [0.2, 0.25) is 0 Å². The van der Waals surface area contributed by atoms with Gasteiger partial charge in [0.2, 0.25) is 0 Å². The number of nitro groups is 1. The summed E-state index contributed by atoms with van der Waals surface area (Å²) in [5.41, 5.74) is 5.67. The molecule has 1 heterocycles. The van der Waals surface area contributed by atoms with Gasteiger partial charge in [-0.2, -0.15) is 0 Å². The Bertz CT molecular complexity index is 381. The summed E-state index contributed by atoms with van der Waals surface area (Å²) in [5.74, 6) is 1.00. The molecule has 0 aliphatic carbocycles. The van der Waals surface area contributed by atoms with Crippen LogP contribution in [0, 0.1) is 16.0 Å². The first-order valence-corrected chi connectivity index (χ1v) is 5.60. The van der Waals surface area contributed by atoms with Crippen molar-refractivity contribution in [2.75, 3.05) is 11.9 Å². The van der Waals surface area contributed by atoms with E-state index in [0.29, 0.717) is 18.3 Å². The zero-order valence-corrected chi connectivity index (χ0v) is 10.1. The number of nitrogens with zero attached hydrogens (tertiary/aromatic N) is 2. The van der Waals surface area contributed by atoms with E-state index in [2.05, 4.69) is 24.1 Å². The Morgan fingerprint density at radius 2 is 2.29 bits per heavy atom. The maximum atomic E-state index is 10.6. The quantitative estimate of drug-likeness (QED) is 0.582. The molecular formula is C11H18N4O2. The maximum Gasteiger partial charge on any atom is 0.274 e. The van der Waals surface area contributed by atoms with Gasteiger partial charge in [-0.3, -0.25) is 10.1 Å². The molecule has 0 aliphatic rings. The van der Waals surface area contributed by atoms with Crippen molar-refractivity contribution in [3.63, 3.8) is 0 Å². The maximum absolute atomic E-state index is 10.6. The molecule has 6 heteroatoms. The van der Waals surface area contributed by atoms with E-state index in [1.54, 1.807) is 0 Å². The number of pyridine rings is 1. The minimum atomic E-state index is -0.438. The number of hydrogen-bond acceptors (Lipinski definition) is 5. The Labute approximate surface area is 100 Å². The monoisotopic (exact) mass is 238 g/mol. The van der Waals surface area contributed by atoms with Crippen LogP contribution in [0.25, 0.3) is 0 Å². The molecule has 0 aliphatic heterocycles. The lowest BCUT2D eigenvalue weighted by atomic mass is 10.0. The Hall–Kier alpha value is -1.69. The second-order valence-corrected chi connectivity index (χ2v) is 4.36. The molecule has 0 aromatic carbocycles. The molecule has 3 N–H and O–H groups in total. The summed E-state index contributed by atoms with van der Waals surface area (Å²) >= 11 is 0. The highest BCUT2D eigenvalue weighted by Gasteiger charge is 2.12. The van der Waals surface area contributed by atoms with Crippen molar-refractivity contribution >= 4 is 11.5 Å². The summed E-state index contributed by atoms with van der Waals surface area (Å²) in [7, 11) is 0. The van der Waals surface area contributed by atoms with Gasteiger partial charge in [0.15, 0.2) is 0 Å². The molecule has 0 saturated heterocycles. The lowest BCUT2D eigenvalue weighted by Gasteiger charge is -2.19. The van der Waals surface area contributed by atoms with Crippen LogP contribution in [-0.2, 0) is 0 Å². The van der Waals surface area contributed by atoms with Gasteiger partial charge >= 0.3 is 0 Å². The molecule has 6 nitrogen and oxygen atoms in total. The second kappa shape index (κ2) is 6.15. The third-order valence-corrected chi connectivity index (χ3v) is 2.35. The van der Waals surface area contributed by atoms with Crippen LogP contribution in [0.5, 0.6) is 0 Å². The molecule has 0 spiro atoms. The van der Waals surface area contributed by atoms with Gasteiger partial charge < -0.3 is 11.1 Å². The van der Waals surface area contributed by atoms with Crippen LogP contribution in [0.15, 0.2) is 18.3 Å². The van der Waals surface area contributed by atoms with Gasteiger partial charge in [-0.05, 0) is 12.3 Å². The average molecular weight is 238 g/mol. The Balaban J connectivity index is 2.72. The highest BCUT2D eigenvalue weighted by atomic mass is 16.6. The fourth-order valence-corrected chi connectivity index (χ4v) is 1.60. The normalized spacial score (nSPS) is 12.5. The van der Waals surface area contributed by atoms with E-state index < -0.39 is 4.92 Å². The van der Waals surface area contributed by atoms with E-state index in [0.717, 1.165) is 6.42 Å². The van der Waals surface area contributed by atoms with Crippen molar-refractivity contribution in [1.82, 2.24) is 4.98 Å². The van der Waals surface area contributed by atoms with Crippen molar-refractivity contribution in [1.29, 1.82) is 0 Å². The van der Waals surface area contributed by atoms with Gasteiger partial charge in [-0.1, -0.05) is 13.8 Å². The first kappa shape index (κ1) is 13.4. The first-order chi connectivity index (χ1) is 8.02. The lowest BCUT2D eigenvalue weighted by Crippen LogP contribution is -2.30. The fourth-order valence-electron chi connectivity index (χ4n) is 1.60. The zero-order valence-electron chi connectivity index (χ0n) is 10.1. The van der Waals surface area contributed by atoms with Crippen molar-refractivity contribution < 1.29 is 4.92 Å². The van der Waals surface area contributed by atoms with Crippen molar-refractivity contribution in [3.05, 3.63) is 28.4 Å². The summed E-state index contributed by atoms with van der Waals surface area (Å²) in [6.45, 7) is 4.68. The summed E-state index contributed by atoms with van der Waals surface area (Å²) in [6, 6.07) is 2.87. The molecule has 0 amide bonds. The number of nitrogens with one attached hydrogen (secondary N) is 1. The summed E-state index contributed by atoms with van der Waals surface area (Å²) in [4.78, 5) is 14.2. The van der Waals surface area contributed by atoms with Gasteiger partial charge in [-0.15, -0.1) is 0 Å². The third kappa shape index (κ3) is 4.36. The largest absolute Gasteiger partial charge is 0.366 e. The SMILES string of the molecule is CC(C)CC(CN)Nc1cc([N+](=O)[O-])ccn1. The van der Waals surface area contributed by atoms with Crippen LogP contribution < -0.4 is 11.1 Å². The topological polar surface area (TPSA) is 94.1 Å². The molecule has 1 unspecified atom stereocenters. The number of rotatable bonds is 6. The van der Waals surface area contributed by atoms with Crippen LogP contribution in [0.1, 0.15) is 20.3 Å². The Morgan fingerprint density at radius 1 is 1.59 bits per heavy atom. The predicted molar refractivity (Wildman–Crippen MR) is 66.8 cm³/mol. The molecule has 0 saturated carbocycles. The average Bonchev–Trinajstić information content (AvgIpc) is 2.28. The highest BCUT2D eigenvalue weighted by molar-refractivity contribution is 5.44. The minimum absolute atomic E-state index is 0.0304. The van der Waals surface area contributed by atoms with Gasteiger partial charge in [0.05, 0.1) is 11.0 Å². The minimum Gasteiger partial charge on any atom is -0.366 e. The molecule has 1 aromatic heterocycles. The predicted octanol–water partition coefficient (Wildman–Crippen LogP) is 1.78. The molecular weight excluding hydrogens is 220 g/mol. The van der Waals surface area contributed by atoms with Gasteiger partial charge in [0.1, 0.15) is 5.82 Å². The van der Waals surface area contributed by atoms with Crippen molar-refractivity contribution in [3.8, 4) is 0 Å². The van der Waals surface area contributed by atoms with Crippen LogP contribution in [-0.4, -0.2) is 22.5 Å². The molecule has 0 radical (unpaired) electrons. The Kier molecular flexibility index (Phi) is 4.84. The van der Waals surface area contributed by atoms with Gasteiger partial charge in [0.25, 0.3) is 5.69 Å². The van der Waals surface area contributed by atoms with Crippen molar-refractivity contribution in [2.45, 2.75) is 26.3 Å². The molecule has 1 rings (SSSR count). The lowest BCUT2D eigenvalue weighted by molar-refractivity contribution is -0.384. The van der Waals surface area contributed by atoms with Crippen molar-refractivity contribution in [2.24, 2.45) is 11.7 Å². The van der Waals surface area contributed by atoms with E-state index in [4.69, 9.17) is 5.73 Å². The molecule has 1 aromatic rings. The van der Waals surface area contributed by atoms with E-state index in [-0.39, 0.29) is 11.7 Å². The van der Waals surface area contributed by atoms with E-state index in [1.807, 2.05) is 0 Å². The third-order valence-electron chi connectivity index (χ3n) is 2.35. The van der Waals surface area contributed by atoms with Gasteiger partial charge in [0, 0.05) is 24.8 Å². The van der Waals surface area contributed by atoms with E-state index in [9.17, 15) is 10.1 Å². The Morgan fingerprint density at radius 3 is 2.82 bits per heavy atom. The number of anilines is 1. The zero-order chi connectivity index (χ0) is 12.8. The number of nitrogens with two attached hydrogens (primary N) is 1. The van der Waals surface area contributed by atoms with Crippen LogP contribution in [0.4, 0.5) is 11.5 Å². The van der Waals surface area contributed by atoms with Crippen LogP contribution in [0.3, 0.4) is 0 Å². The standard InChI is InChI=1S/C11H18N4O2/c1-8(2)5-9(7-12)14-11-6-10(15(16)17)3-4-13-11/h3-4,6,8-9H,5,7,12H2,1-2H3,(H,13,14). The number of hydrogen-bond donors (Lipinski definition) is 2. The summed E-state index contributed by atoms with van der Waals surface area (Å²) in [5, 5.41) is 13.7. The molecule has 0 fully saturated rings. The summed E-state index contributed by atoms with van der Waals surface area (Å²) in [6.07, 6.45) is 2.32. The van der Waals surface area contributed by atoms with Crippen LogP contribution >= 0.6 is 0 Å². The fraction of sp³-hybridized carbons (Fsp3) is 0.545. The van der Waals surface area contributed by atoms with E-state index in [1.165, 1.54) is 18.3 Å². The second-order valence-electron chi connectivity index (χ2n) is 4.36. The molecule has 0 bridgehead atoms. The van der Waals surface area contributed by atoms with Gasteiger partial charge in [-0.25, -0.2) is 4.98 Å². The number of aromatic nitrogens is 1.